The number of pyridine rings is 1. The lowest BCUT2D eigenvalue weighted by molar-refractivity contribution is -0.137. The van der Waals surface area contributed by atoms with E-state index in [9.17, 15) is 9.59 Å². The van der Waals surface area contributed by atoms with Gasteiger partial charge in [0.25, 0.3) is 5.91 Å². The van der Waals surface area contributed by atoms with Crippen molar-refractivity contribution in [1.29, 1.82) is 0 Å². The Hall–Kier alpha value is -2.44. The third-order valence-electron chi connectivity index (χ3n) is 3.19. The number of hydrogen-bond donors (Lipinski definition) is 1. The number of imidazole rings is 1. The number of nitrogens with zero attached hydrogens (tertiary/aromatic N) is 4. The van der Waals surface area contributed by atoms with Crippen LogP contribution in [0, 0.1) is 0 Å². The molecule has 3 rings (SSSR count). The van der Waals surface area contributed by atoms with Gasteiger partial charge in [0.15, 0.2) is 0 Å². The van der Waals surface area contributed by atoms with E-state index in [1.165, 1.54) is 7.05 Å². The minimum Gasteiger partial charge on any atom is -0.369 e. The quantitative estimate of drug-likeness (QED) is 0.710. The number of carbonyl (C=O) groups is 2. The van der Waals surface area contributed by atoms with Crippen LogP contribution in [0.3, 0.4) is 0 Å². The van der Waals surface area contributed by atoms with Gasteiger partial charge in [0.05, 0.1) is 18.1 Å². The number of imide groups is 1. The number of rotatable bonds is 1. The predicted octanol–water partition coefficient (Wildman–Crippen LogP) is -0.0567. The number of anilines is 1. The molecule has 18 heavy (non-hydrogen) atoms. The molecule has 1 fully saturated rings. The lowest BCUT2D eigenvalue weighted by Gasteiger charge is -2.12. The highest BCUT2D eigenvalue weighted by Gasteiger charge is 2.38. The Morgan fingerprint density at radius 3 is 2.89 bits per heavy atom. The van der Waals surface area contributed by atoms with Gasteiger partial charge in [-0.2, -0.15) is 0 Å². The molecule has 92 valence electrons. The number of hydrogen-bond acceptors (Lipinski definition) is 5. The second-order valence-corrected chi connectivity index (χ2v) is 4.22. The third kappa shape index (κ3) is 1.30. The van der Waals surface area contributed by atoms with Crippen LogP contribution < -0.4 is 5.73 Å². The summed E-state index contributed by atoms with van der Waals surface area (Å²) >= 11 is 0. The largest absolute Gasteiger partial charge is 0.369 e. The summed E-state index contributed by atoms with van der Waals surface area (Å²) in [5, 5.41) is 0. The molecule has 7 heteroatoms. The fourth-order valence-corrected chi connectivity index (χ4v) is 2.23. The van der Waals surface area contributed by atoms with Crippen LogP contribution in [-0.2, 0) is 9.59 Å². The molecule has 1 aliphatic heterocycles. The van der Waals surface area contributed by atoms with Crippen molar-refractivity contribution in [3.63, 3.8) is 0 Å². The van der Waals surface area contributed by atoms with E-state index in [-0.39, 0.29) is 24.2 Å². The molecule has 0 aromatic carbocycles. The molecule has 2 aromatic rings. The van der Waals surface area contributed by atoms with Crippen LogP contribution in [0.1, 0.15) is 12.5 Å². The molecule has 3 heterocycles. The van der Waals surface area contributed by atoms with Crippen LogP contribution in [0.2, 0.25) is 0 Å². The van der Waals surface area contributed by atoms with Crippen molar-refractivity contribution in [3.05, 3.63) is 18.5 Å². The molecule has 2 aromatic heterocycles. The van der Waals surface area contributed by atoms with Crippen molar-refractivity contribution in [3.8, 4) is 0 Å². The molecule has 0 aliphatic carbocycles. The number of likely N-dealkylation sites (N-methyl/N-ethyl adjacent to an activating group) is 1. The van der Waals surface area contributed by atoms with Gasteiger partial charge in [-0.3, -0.25) is 24.0 Å². The predicted molar refractivity (Wildman–Crippen MR) is 63.4 cm³/mol. The summed E-state index contributed by atoms with van der Waals surface area (Å²) in [4.78, 5) is 32.8. The van der Waals surface area contributed by atoms with Crippen molar-refractivity contribution in [1.82, 2.24) is 19.4 Å². The van der Waals surface area contributed by atoms with Crippen LogP contribution in [0.4, 0.5) is 5.95 Å². The first-order valence-corrected chi connectivity index (χ1v) is 5.47. The van der Waals surface area contributed by atoms with E-state index >= 15 is 0 Å². The van der Waals surface area contributed by atoms with Crippen LogP contribution in [0.15, 0.2) is 18.5 Å². The molecule has 0 saturated carbocycles. The Labute approximate surface area is 102 Å². The normalized spacial score (nSPS) is 20.1. The second kappa shape index (κ2) is 3.52. The molecule has 1 saturated heterocycles. The molecule has 0 bridgehead atoms. The standard InChI is InChI=1S/C11H11N5O2/c1-15-9(17)4-8(10(15)18)16-7-2-3-13-5-6(7)14-11(16)12/h2-3,5,8H,4H2,1H3,(H2,12,14). The number of fused-ring (bicyclic) bond motifs is 1. The molecule has 1 unspecified atom stereocenters. The number of nitrogen functional groups attached to an aromatic ring is 1. The molecule has 0 spiro atoms. The van der Waals surface area contributed by atoms with Gasteiger partial charge < -0.3 is 5.73 Å². The van der Waals surface area contributed by atoms with Gasteiger partial charge in [-0.1, -0.05) is 0 Å². The van der Waals surface area contributed by atoms with E-state index in [0.717, 1.165) is 4.90 Å². The summed E-state index contributed by atoms with van der Waals surface area (Å²) in [6.07, 6.45) is 3.30. The Balaban J connectivity index is 2.18. The number of amides is 2. The molecule has 2 N–H and O–H groups in total. The molecule has 1 aliphatic rings. The minimum atomic E-state index is -0.602. The van der Waals surface area contributed by atoms with Crippen LogP contribution in [0.25, 0.3) is 11.0 Å². The fourth-order valence-electron chi connectivity index (χ4n) is 2.23. The maximum atomic E-state index is 12.0. The molecule has 2 amide bonds. The fraction of sp³-hybridized carbons (Fsp3) is 0.273. The highest BCUT2D eigenvalue weighted by atomic mass is 16.2. The van der Waals surface area contributed by atoms with E-state index in [1.54, 1.807) is 23.0 Å². The van der Waals surface area contributed by atoms with Gasteiger partial charge in [0.2, 0.25) is 11.9 Å². The average molecular weight is 245 g/mol. The molecule has 1 atom stereocenters. The Bertz CT molecular complexity index is 662. The molecule has 0 radical (unpaired) electrons. The van der Waals surface area contributed by atoms with E-state index in [1.807, 2.05) is 0 Å². The molecule has 7 nitrogen and oxygen atoms in total. The Kier molecular flexibility index (Phi) is 2.09. The third-order valence-corrected chi connectivity index (χ3v) is 3.19. The maximum Gasteiger partial charge on any atom is 0.252 e. The second-order valence-electron chi connectivity index (χ2n) is 4.22. The molecular formula is C11H11N5O2. The highest BCUT2D eigenvalue weighted by molar-refractivity contribution is 6.05. The lowest BCUT2D eigenvalue weighted by Crippen LogP contribution is -2.27. The zero-order valence-electron chi connectivity index (χ0n) is 9.70. The lowest BCUT2D eigenvalue weighted by atomic mass is 10.2. The zero-order valence-corrected chi connectivity index (χ0v) is 9.70. The summed E-state index contributed by atoms with van der Waals surface area (Å²) in [6, 6.07) is 1.13. The van der Waals surface area contributed by atoms with Crippen molar-refractivity contribution in [2.24, 2.45) is 0 Å². The first-order chi connectivity index (χ1) is 8.59. The van der Waals surface area contributed by atoms with Gasteiger partial charge >= 0.3 is 0 Å². The molecular weight excluding hydrogens is 234 g/mol. The summed E-state index contributed by atoms with van der Waals surface area (Å²) < 4.78 is 1.60. The smallest absolute Gasteiger partial charge is 0.252 e. The summed E-state index contributed by atoms with van der Waals surface area (Å²) in [6.45, 7) is 0. The van der Waals surface area contributed by atoms with Crippen LogP contribution >= 0.6 is 0 Å². The van der Waals surface area contributed by atoms with Crippen LogP contribution in [-0.4, -0.2) is 38.3 Å². The van der Waals surface area contributed by atoms with Crippen molar-refractivity contribution in [2.45, 2.75) is 12.5 Å². The van der Waals surface area contributed by atoms with E-state index in [4.69, 9.17) is 5.73 Å². The summed E-state index contributed by atoms with van der Waals surface area (Å²) in [7, 11) is 1.47. The van der Waals surface area contributed by atoms with Gasteiger partial charge in [-0.15, -0.1) is 0 Å². The first kappa shape index (κ1) is 10.7. The zero-order chi connectivity index (χ0) is 12.9. The SMILES string of the molecule is CN1C(=O)CC(n2c(N)nc3cnccc32)C1=O. The van der Waals surface area contributed by atoms with Gasteiger partial charge in [-0.25, -0.2) is 4.98 Å². The topological polar surface area (TPSA) is 94.1 Å². The monoisotopic (exact) mass is 245 g/mol. The van der Waals surface area contributed by atoms with Gasteiger partial charge in [0.1, 0.15) is 11.6 Å². The van der Waals surface area contributed by atoms with Crippen molar-refractivity contribution < 1.29 is 9.59 Å². The summed E-state index contributed by atoms with van der Waals surface area (Å²) in [5.41, 5.74) is 7.16. The number of aromatic nitrogens is 3. The van der Waals surface area contributed by atoms with Gasteiger partial charge in [-0.05, 0) is 6.07 Å². The van der Waals surface area contributed by atoms with Crippen LogP contribution in [0.5, 0.6) is 0 Å². The van der Waals surface area contributed by atoms with E-state index < -0.39 is 6.04 Å². The minimum absolute atomic E-state index is 0.118. The Morgan fingerprint density at radius 1 is 1.44 bits per heavy atom. The van der Waals surface area contributed by atoms with E-state index in [0.29, 0.717) is 11.0 Å². The number of nitrogens with two attached hydrogens (primary N) is 1. The van der Waals surface area contributed by atoms with Crippen molar-refractivity contribution in [2.75, 3.05) is 12.8 Å². The van der Waals surface area contributed by atoms with Crippen molar-refractivity contribution >= 4 is 28.8 Å². The average Bonchev–Trinajstić information content (AvgIpc) is 2.80. The van der Waals surface area contributed by atoms with Gasteiger partial charge in [0, 0.05) is 13.2 Å². The highest BCUT2D eigenvalue weighted by Crippen LogP contribution is 2.29. The first-order valence-electron chi connectivity index (χ1n) is 5.47. The Morgan fingerprint density at radius 2 is 2.22 bits per heavy atom. The summed E-state index contributed by atoms with van der Waals surface area (Å²) in [5.74, 6) is -0.248. The number of carbonyl (C=O) groups excluding carboxylic acids is 2. The number of likely N-dealkylation sites (tertiary alicyclic amines) is 1. The van der Waals surface area contributed by atoms with E-state index in [2.05, 4.69) is 9.97 Å². The maximum absolute atomic E-state index is 12.0.